The third-order valence-electron chi connectivity index (χ3n) is 5.02. The molecule has 0 unspecified atom stereocenters. The smallest absolute Gasteiger partial charge is 0.266 e. The van der Waals surface area contributed by atoms with Crippen LogP contribution in [0.1, 0.15) is 18.9 Å². The zero-order valence-corrected chi connectivity index (χ0v) is 20.2. The van der Waals surface area contributed by atoms with Gasteiger partial charge in [-0.1, -0.05) is 61.2 Å². The van der Waals surface area contributed by atoms with E-state index in [0.717, 1.165) is 34.7 Å². The van der Waals surface area contributed by atoms with Crippen molar-refractivity contribution in [2.45, 2.75) is 13.3 Å². The molecule has 8 heteroatoms. The average Bonchev–Trinajstić information content (AvgIpc) is 3.38. The molecule has 170 valence electrons. The molecule has 0 spiro atoms. The minimum atomic E-state index is -0.111. The number of carbonyl (C=O) groups excluding carboxylic acids is 1. The number of hydrogen-bond donors (Lipinski definition) is 0. The summed E-state index contributed by atoms with van der Waals surface area (Å²) in [7, 11) is 1.61. The largest absolute Gasteiger partial charge is 0.494 e. The minimum absolute atomic E-state index is 0.111. The van der Waals surface area contributed by atoms with Crippen LogP contribution in [-0.2, 0) is 9.53 Å². The fourth-order valence-electron chi connectivity index (χ4n) is 3.40. The van der Waals surface area contributed by atoms with Crippen LogP contribution in [0.4, 0.5) is 0 Å². The molecule has 0 N–H and O–H groups in total. The van der Waals surface area contributed by atoms with Crippen molar-refractivity contribution in [2.24, 2.45) is 0 Å². The van der Waals surface area contributed by atoms with E-state index >= 15 is 0 Å². The van der Waals surface area contributed by atoms with E-state index in [1.54, 1.807) is 12.0 Å². The van der Waals surface area contributed by atoms with Crippen LogP contribution in [0.5, 0.6) is 5.75 Å². The molecule has 33 heavy (non-hydrogen) atoms. The van der Waals surface area contributed by atoms with E-state index in [1.165, 1.54) is 11.8 Å². The highest BCUT2D eigenvalue weighted by molar-refractivity contribution is 8.26. The summed E-state index contributed by atoms with van der Waals surface area (Å²) >= 11 is 6.73. The van der Waals surface area contributed by atoms with Crippen LogP contribution in [0.2, 0.25) is 0 Å². The maximum absolute atomic E-state index is 13.0. The molecule has 0 aliphatic carbocycles. The minimum Gasteiger partial charge on any atom is -0.494 e. The Morgan fingerprint density at radius 2 is 1.94 bits per heavy atom. The molecule has 0 saturated carbocycles. The van der Waals surface area contributed by atoms with Crippen molar-refractivity contribution in [1.82, 2.24) is 14.7 Å². The summed E-state index contributed by atoms with van der Waals surface area (Å²) in [6.45, 7) is 3.60. The van der Waals surface area contributed by atoms with Crippen molar-refractivity contribution < 1.29 is 14.3 Å². The lowest BCUT2D eigenvalue weighted by atomic mass is 10.1. The summed E-state index contributed by atoms with van der Waals surface area (Å²) < 4.78 is 13.3. The number of ether oxygens (including phenoxy) is 2. The Labute approximate surface area is 203 Å². The quantitative estimate of drug-likeness (QED) is 0.312. The molecular formula is C25H25N3O3S2. The summed E-state index contributed by atoms with van der Waals surface area (Å²) in [6, 6.07) is 17.8. The fourth-order valence-corrected chi connectivity index (χ4v) is 4.70. The van der Waals surface area contributed by atoms with Crippen LogP contribution in [0.25, 0.3) is 23.0 Å². The molecule has 4 rings (SSSR count). The maximum atomic E-state index is 13.0. The first kappa shape index (κ1) is 23.2. The number of hydrogen-bond acceptors (Lipinski definition) is 6. The molecule has 0 radical (unpaired) electrons. The van der Waals surface area contributed by atoms with Gasteiger partial charge in [0.1, 0.15) is 15.8 Å². The highest BCUT2D eigenvalue weighted by Gasteiger charge is 2.32. The van der Waals surface area contributed by atoms with E-state index in [9.17, 15) is 4.79 Å². The van der Waals surface area contributed by atoms with Crippen molar-refractivity contribution in [1.29, 1.82) is 0 Å². The van der Waals surface area contributed by atoms with Crippen LogP contribution in [0, 0.1) is 0 Å². The Morgan fingerprint density at radius 1 is 1.12 bits per heavy atom. The van der Waals surface area contributed by atoms with E-state index < -0.39 is 0 Å². The molecule has 1 amide bonds. The van der Waals surface area contributed by atoms with E-state index in [-0.39, 0.29) is 5.91 Å². The molecule has 2 aromatic carbocycles. The number of aromatic nitrogens is 2. The van der Waals surface area contributed by atoms with E-state index in [1.807, 2.05) is 71.6 Å². The van der Waals surface area contributed by atoms with Gasteiger partial charge in [-0.2, -0.15) is 5.10 Å². The summed E-state index contributed by atoms with van der Waals surface area (Å²) in [5.74, 6) is 0.681. The van der Waals surface area contributed by atoms with Crippen LogP contribution >= 0.6 is 24.0 Å². The van der Waals surface area contributed by atoms with Gasteiger partial charge in [0, 0.05) is 24.4 Å². The summed E-state index contributed by atoms with van der Waals surface area (Å²) in [5.41, 5.74) is 3.45. The number of methoxy groups -OCH3 is 1. The summed E-state index contributed by atoms with van der Waals surface area (Å²) in [6.07, 6.45) is 4.74. The van der Waals surface area contributed by atoms with Gasteiger partial charge in [-0.25, -0.2) is 4.68 Å². The SMILES string of the molecule is CCCOc1cccc(-c2nn(-c3ccccc3)cc2/C=C2\SC(=S)N(CCOC)C2=O)c1. The predicted molar refractivity (Wildman–Crippen MR) is 137 cm³/mol. The van der Waals surface area contributed by atoms with Gasteiger partial charge in [0.25, 0.3) is 5.91 Å². The van der Waals surface area contributed by atoms with Crippen molar-refractivity contribution in [2.75, 3.05) is 26.9 Å². The van der Waals surface area contributed by atoms with Crippen LogP contribution in [0.3, 0.4) is 0 Å². The molecule has 0 atom stereocenters. The third kappa shape index (κ3) is 5.35. The van der Waals surface area contributed by atoms with E-state index in [0.29, 0.717) is 29.0 Å². The number of thioether (sulfide) groups is 1. The molecule has 3 aromatic rings. The van der Waals surface area contributed by atoms with Gasteiger partial charge in [-0.15, -0.1) is 0 Å². The molecule has 6 nitrogen and oxygen atoms in total. The number of nitrogens with zero attached hydrogens (tertiary/aromatic N) is 3. The average molecular weight is 480 g/mol. The lowest BCUT2D eigenvalue weighted by Crippen LogP contribution is -2.31. The molecule has 1 aliphatic heterocycles. The maximum Gasteiger partial charge on any atom is 0.266 e. The zero-order valence-electron chi connectivity index (χ0n) is 18.6. The van der Waals surface area contributed by atoms with Gasteiger partial charge >= 0.3 is 0 Å². The van der Waals surface area contributed by atoms with Crippen LogP contribution in [0.15, 0.2) is 65.7 Å². The highest BCUT2D eigenvalue weighted by atomic mass is 32.2. The van der Waals surface area contributed by atoms with Gasteiger partial charge in [0.2, 0.25) is 0 Å². The van der Waals surface area contributed by atoms with Crippen molar-refractivity contribution >= 4 is 40.3 Å². The lowest BCUT2D eigenvalue weighted by molar-refractivity contribution is -0.122. The second-order valence-corrected chi connectivity index (χ2v) is 9.09. The first-order valence-electron chi connectivity index (χ1n) is 10.7. The molecule has 2 heterocycles. The summed E-state index contributed by atoms with van der Waals surface area (Å²) in [4.78, 5) is 15.1. The van der Waals surface area contributed by atoms with Crippen LogP contribution in [-0.4, -0.2) is 51.8 Å². The normalized spacial score (nSPS) is 15.0. The van der Waals surface area contributed by atoms with Gasteiger partial charge in [-0.05, 0) is 36.8 Å². The number of benzene rings is 2. The van der Waals surface area contributed by atoms with Crippen LogP contribution < -0.4 is 4.74 Å². The van der Waals surface area contributed by atoms with Gasteiger partial charge in [-0.3, -0.25) is 9.69 Å². The zero-order chi connectivity index (χ0) is 23.2. The van der Waals surface area contributed by atoms with Gasteiger partial charge in [0.15, 0.2) is 0 Å². The number of para-hydroxylation sites is 1. The number of amides is 1. The van der Waals surface area contributed by atoms with Crippen molar-refractivity contribution in [3.63, 3.8) is 0 Å². The molecule has 1 fully saturated rings. The van der Waals surface area contributed by atoms with E-state index in [4.69, 9.17) is 26.8 Å². The topological polar surface area (TPSA) is 56.6 Å². The molecule has 1 aromatic heterocycles. The Balaban J connectivity index is 1.74. The van der Waals surface area contributed by atoms with Gasteiger partial charge in [0.05, 0.1) is 30.4 Å². The Kier molecular flexibility index (Phi) is 7.59. The van der Waals surface area contributed by atoms with E-state index in [2.05, 4.69) is 6.92 Å². The van der Waals surface area contributed by atoms with Crippen molar-refractivity contribution in [3.8, 4) is 22.7 Å². The standard InChI is InChI=1S/C25H25N3O3S2/c1-3-13-31-21-11-7-8-18(15-21)23-19(17-28(26-23)20-9-5-4-6-10-20)16-22-24(29)27(12-14-30-2)25(32)33-22/h4-11,15-17H,3,12-14H2,1-2H3/b22-16-. The van der Waals surface area contributed by atoms with Crippen molar-refractivity contribution in [3.05, 3.63) is 71.3 Å². The monoisotopic (exact) mass is 479 g/mol. The third-order valence-corrected chi connectivity index (χ3v) is 6.40. The first-order valence-corrected chi connectivity index (χ1v) is 12.0. The molecular weight excluding hydrogens is 454 g/mol. The number of carbonyl (C=O) groups is 1. The molecule has 0 bridgehead atoms. The Morgan fingerprint density at radius 3 is 2.70 bits per heavy atom. The fraction of sp³-hybridized carbons (Fsp3) is 0.240. The highest BCUT2D eigenvalue weighted by Crippen LogP contribution is 2.35. The predicted octanol–water partition coefficient (Wildman–Crippen LogP) is 5.18. The number of thiocarbonyl (C=S) groups is 1. The Bertz CT molecular complexity index is 1170. The second-order valence-electron chi connectivity index (χ2n) is 7.42. The summed E-state index contributed by atoms with van der Waals surface area (Å²) in [5, 5.41) is 4.86. The molecule has 1 saturated heterocycles. The lowest BCUT2D eigenvalue weighted by Gasteiger charge is -2.12. The Hall–Kier alpha value is -2.94. The second kappa shape index (κ2) is 10.8. The molecule has 1 aliphatic rings. The number of rotatable bonds is 9. The van der Waals surface area contributed by atoms with Gasteiger partial charge < -0.3 is 9.47 Å². The first-order chi connectivity index (χ1) is 16.1.